The zero-order chi connectivity index (χ0) is 17.0. The predicted octanol–water partition coefficient (Wildman–Crippen LogP) is 2.79. The van der Waals surface area contributed by atoms with E-state index in [1.165, 1.54) is 17.4 Å². The van der Waals surface area contributed by atoms with Crippen LogP contribution in [0.2, 0.25) is 0 Å². The molecule has 0 saturated carbocycles. The number of aromatic nitrogens is 1. The topological polar surface area (TPSA) is 111 Å². The van der Waals surface area contributed by atoms with Crippen LogP contribution in [0.15, 0.2) is 23.6 Å². The third kappa shape index (κ3) is 4.10. The van der Waals surface area contributed by atoms with E-state index in [2.05, 4.69) is 10.3 Å². The molecule has 0 atom stereocenters. The lowest BCUT2D eigenvalue weighted by Crippen LogP contribution is -2.14. The number of anilines is 1. The first-order valence-corrected chi connectivity index (χ1v) is 7.48. The highest BCUT2D eigenvalue weighted by atomic mass is 32.1. The number of nitrogens with zero attached hydrogens (tertiary/aromatic N) is 2. The maximum atomic E-state index is 12.2. The average molecular weight is 335 g/mol. The monoisotopic (exact) mass is 335 g/mol. The Morgan fingerprint density at radius 1 is 1.35 bits per heavy atom. The van der Waals surface area contributed by atoms with Gasteiger partial charge < -0.3 is 4.74 Å². The second kappa shape index (κ2) is 6.97. The Hall–Kier alpha value is -2.81. The Labute approximate surface area is 135 Å². The number of carbonyl (C=O) groups is 2. The van der Waals surface area contributed by atoms with Gasteiger partial charge in [0.25, 0.3) is 11.6 Å². The minimum absolute atomic E-state index is 0.0184. The van der Waals surface area contributed by atoms with Crippen LogP contribution in [0, 0.1) is 17.0 Å². The van der Waals surface area contributed by atoms with Gasteiger partial charge in [0.05, 0.1) is 22.8 Å². The largest absolute Gasteiger partial charge is 0.462 e. The molecule has 2 aromatic rings. The number of benzene rings is 1. The Morgan fingerprint density at radius 2 is 2.04 bits per heavy atom. The number of hydrogen-bond acceptors (Lipinski definition) is 7. The van der Waals surface area contributed by atoms with Gasteiger partial charge in [-0.3, -0.25) is 20.2 Å². The van der Waals surface area contributed by atoms with Crippen molar-refractivity contribution >= 4 is 34.0 Å². The first-order valence-electron chi connectivity index (χ1n) is 6.60. The van der Waals surface area contributed by atoms with Crippen LogP contribution in [0.5, 0.6) is 0 Å². The van der Waals surface area contributed by atoms with Crippen molar-refractivity contribution in [2.45, 2.75) is 13.8 Å². The number of ether oxygens (including phenoxy) is 1. The van der Waals surface area contributed by atoms with Gasteiger partial charge in [-0.25, -0.2) is 9.78 Å². The quantitative estimate of drug-likeness (QED) is 0.511. The second-order valence-corrected chi connectivity index (χ2v) is 5.35. The van der Waals surface area contributed by atoms with Crippen LogP contribution in [0.3, 0.4) is 0 Å². The first-order chi connectivity index (χ1) is 10.9. The molecule has 0 saturated heterocycles. The van der Waals surface area contributed by atoms with Gasteiger partial charge in [-0.05, 0) is 19.9 Å². The number of thiazole rings is 1. The molecule has 0 unspecified atom stereocenters. The summed E-state index contributed by atoms with van der Waals surface area (Å²) in [7, 11) is 0. The van der Waals surface area contributed by atoms with E-state index in [1.807, 2.05) is 0 Å². The van der Waals surface area contributed by atoms with Crippen LogP contribution in [0.4, 0.5) is 10.8 Å². The standard InChI is InChI=1S/C14H13N3O5S/c1-3-22-13(19)10-4-9(5-11(6-10)17(20)21)12(18)16-14-15-8(2)7-23-14/h4-7H,3H2,1-2H3,(H,15,16,18). The van der Waals surface area contributed by atoms with E-state index in [4.69, 9.17) is 4.74 Å². The van der Waals surface area contributed by atoms with E-state index < -0.39 is 16.8 Å². The molecule has 120 valence electrons. The highest BCUT2D eigenvalue weighted by Crippen LogP contribution is 2.20. The summed E-state index contributed by atoms with van der Waals surface area (Å²) in [6.07, 6.45) is 0. The zero-order valence-electron chi connectivity index (χ0n) is 12.4. The molecule has 0 radical (unpaired) electrons. The molecule has 0 spiro atoms. The van der Waals surface area contributed by atoms with E-state index in [0.717, 1.165) is 17.8 Å². The molecule has 0 aliphatic heterocycles. The van der Waals surface area contributed by atoms with Gasteiger partial charge >= 0.3 is 5.97 Å². The fourth-order valence-corrected chi connectivity index (χ4v) is 2.44. The van der Waals surface area contributed by atoms with Crippen LogP contribution >= 0.6 is 11.3 Å². The molecule has 1 N–H and O–H groups in total. The number of nitro benzene ring substituents is 1. The van der Waals surface area contributed by atoms with Crippen LogP contribution in [0.1, 0.15) is 33.3 Å². The van der Waals surface area contributed by atoms with Crippen molar-refractivity contribution in [1.29, 1.82) is 0 Å². The lowest BCUT2D eigenvalue weighted by molar-refractivity contribution is -0.384. The van der Waals surface area contributed by atoms with Gasteiger partial charge in [-0.2, -0.15) is 0 Å². The average Bonchev–Trinajstić information content (AvgIpc) is 2.92. The lowest BCUT2D eigenvalue weighted by atomic mass is 10.1. The van der Waals surface area contributed by atoms with Crippen LogP contribution in [-0.4, -0.2) is 28.4 Å². The van der Waals surface area contributed by atoms with Gasteiger partial charge in [0, 0.05) is 23.1 Å². The van der Waals surface area contributed by atoms with E-state index >= 15 is 0 Å². The second-order valence-electron chi connectivity index (χ2n) is 4.49. The summed E-state index contributed by atoms with van der Waals surface area (Å²) in [6, 6.07) is 3.42. The SMILES string of the molecule is CCOC(=O)c1cc(C(=O)Nc2nc(C)cs2)cc([N+](=O)[O-])c1. The number of nitro groups is 1. The molecule has 23 heavy (non-hydrogen) atoms. The molecule has 1 aromatic heterocycles. The van der Waals surface area contributed by atoms with Crippen LogP contribution < -0.4 is 5.32 Å². The maximum absolute atomic E-state index is 12.2. The van der Waals surface area contributed by atoms with Crippen molar-refractivity contribution in [3.63, 3.8) is 0 Å². The first kappa shape index (κ1) is 16.6. The summed E-state index contributed by atoms with van der Waals surface area (Å²) in [5.41, 5.74) is 0.309. The van der Waals surface area contributed by atoms with Gasteiger partial charge in [-0.1, -0.05) is 0 Å². The van der Waals surface area contributed by atoms with Crippen molar-refractivity contribution in [1.82, 2.24) is 4.98 Å². The van der Waals surface area contributed by atoms with Crippen molar-refractivity contribution in [2.75, 3.05) is 11.9 Å². The Kier molecular flexibility index (Phi) is 5.02. The summed E-state index contributed by atoms with van der Waals surface area (Å²) < 4.78 is 4.82. The maximum Gasteiger partial charge on any atom is 0.338 e. The molecule has 0 aliphatic rings. The summed E-state index contributed by atoms with van der Waals surface area (Å²) in [5, 5.41) is 15.6. The van der Waals surface area contributed by atoms with E-state index in [-0.39, 0.29) is 23.4 Å². The summed E-state index contributed by atoms with van der Waals surface area (Å²) >= 11 is 1.23. The fraction of sp³-hybridized carbons (Fsp3) is 0.214. The smallest absolute Gasteiger partial charge is 0.338 e. The lowest BCUT2D eigenvalue weighted by Gasteiger charge is -2.06. The number of carbonyl (C=O) groups excluding carboxylic acids is 2. The summed E-state index contributed by atoms with van der Waals surface area (Å²) in [6.45, 7) is 3.52. The normalized spacial score (nSPS) is 10.2. The number of aryl methyl sites for hydroxylation is 1. The predicted molar refractivity (Wildman–Crippen MR) is 83.9 cm³/mol. The van der Waals surface area contributed by atoms with E-state index in [0.29, 0.717) is 5.13 Å². The molecule has 8 nitrogen and oxygen atoms in total. The molecule has 2 rings (SSSR count). The number of non-ortho nitro benzene ring substituents is 1. The molecule has 0 fully saturated rings. The molecule has 0 bridgehead atoms. The van der Waals surface area contributed by atoms with Crippen molar-refractivity contribution in [2.24, 2.45) is 0 Å². The molecular weight excluding hydrogens is 322 g/mol. The summed E-state index contributed by atoms with van der Waals surface area (Å²) in [4.78, 5) is 38.4. The number of esters is 1. The minimum Gasteiger partial charge on any atom is -0.462 e. The third-order valence-corrected chi connectivity index (χ3v) is 3.62. The minimum atomic E-state index is -0.727. The fourth-order valence-electron chi connectivity index (χ4n) is 1.76. The highest BCUT2D eigenvalue weighted by Gasteiger charge is 2.19. The highest BCUT2D eigenvalue weighted by molar-refractivity contribution is 7.13. The van der Waals surface area contributed by atoms with Crippen LogP contribution in [0.25, 0.3) is 0 Å². The van der Waals surface area contributed by atoms with Gasteiger partial charge in [-0.15, -0.1) is 11.3 Å². The van der Waals surface area contributed by atoms with Gasteiger partial charge in [0.1, 0.15) is 0 Å². The number of amides is 1. The van der Waals surface area contributed by atoms with Gasteiger partial charge in [0.2, 0.25) is 0 Å². The third-order valence-electron chi connectivity index (χ3n) is 2.74. The molecule has 0 aliphatic carbocycles. The molecule has 1 amide bonds. The van der Waals surface area contributed by atoms with E-state index in [1.54, 1.807) is 19.2 Å². The van der Waals surface area contributed by atoms with Crippen molar-refractivity contribution in [3.05, 3.63) is 50.5 Å². The van der Waals surface area contributed by atoms with Gasteiger partial charge in [0.15, 0.2) is 5.13 Å². The molecule has 1 aromatic carbocycles. The van der Waals surface area contributed by atoms with Crippen molar-refractivity contribution in [3.8, 4) is 0 Å². The molecule has 1 heterocycles. The number of rotatable bonds is 5. The zero-order valence-corrected chi connectivity index (χ0v) is 13.2. The Morgan fingerprint density at radius 3 is 2.61 bits per heavy atom. The van der Waals surface area contributed by atoms with Crippen LogP contribution in [-0.2, 0) is 4.74 Å². The number of nitrogens with one attached hydrogen (secondary N) is 1. The Bertz CT molecular complexity index is 772. The summed E-state index contributed by atoms with van der Waals surface area (Å²) in [5.74, 6) is -1.32. The van der Waals surface area contributed by atoms with Crippen molar-refractivity contribution < 1.29 is 19.2 Å². The Balaban J connectivity index is 2.34. The molecule has 9 heteroatoms. The van der Waals surface area contributed by atoms with E-state index in [9.17, 15) is 19.7 Å². The number of hydrogen-bond donors (Lipinski definition) is 1. The molecular formula is C14H13N3O5S.